The van der Waals surface area contributed by atoms with Crippen molar-refractivity contribution >= 4 is 29.5 Å². The van der Waals surface area contributed by atoms with E-state index in [4.69, 9.17) is 9.47 Å². The molecule has 1 saturated heterocycles. The minimum Gasteiger partial charge on any atom is -0.493 e. The van der Waals surface area contributed by atoms with Gasteiger partial charge in [0, 0.05) is 29.9 Å². The van der Waals surface area contributed by atoms with E-state index in [0.717, 1.165) is 12.1 Å². The van der Waals surface area contributed by atoms with E-state index in [1.54, 1.807) is 35.2 Å². The summed E-state index contributed by atoms with van der Waals surface area (Å²) < 4.78 is 10.7. The summed E-state index contributed by atoms with van der Waals surface area (Å²) in [7, 11) is 1.48. The van der Waals surface area contributed by atoms with Crippen LogP contribution in [0.15, 0.2) is 42.5 Å². The normalized spacial score (nSPS) is 13.4. The van der Waals surface area contributed by atoms with Crippen LogP contribution in [-0.2, 0) is 9.59 Å². The molecule has 0 aromatic heterocycles. The molecule has 0 spiro atoms. The molecule has 1 aliphatic heterocycles. The van der Waals surface area contributed by atoms with Crippen LogP contribution in [0.4, 0.5) is 11.4 Å². The average molecular weight is 368 g/mol. The first-order chi connectivity index (χ1) is 13.1. The van der Waals surface area contributed by atoms with E-state index in [-0.39, 0.29) is 18.4 Å². The van der Waals surface area contributed by atoms with Gasteiger partial charge in [0.25, 0.3) is 5.91 Å². The number of aldehydes is 1. The molecular weight excluding hydrogens is 348 g/mol. The van der Waals surface area contributed by atoms with E-state index >= 15 is 0 Å². The molecule has 0 aliphatic carbocycles. The molecule has 3 rings (SSSR count). The molecule has 27 heavy (non-hydrogen) atoms. The lowest BCUT2D eigenvalue weighted by atomic mass is 10.2. The van der Waals surface area contributed by atoms with E-state index < -0.39 is 0 Å². The van der Waals surface area contributed by atoms with Crippen LogP contribution in [0.2, 0.25) is 0 Å². The lowest BCUT2D eigenvalue weighted by molar-refractivity contribution is -0.118. The lowest BCUT2D eigenvalue weighted by Gasteiger charge is -2.17. The molecule has 2 amide bonds. The minimum atomic E-state index is -0.363. The van der Waals surface area contributed by atoms with Crippen LogP contribution in [0.3, 0.4) is 0 Å². The van der Waals surface area contributed by atoms with Crippen molar-refractivity contribution in [1.29, 1.82) is 0 Å². The standard InChI is InChI=1S/C20H20N2O5/c1-26-17-8-7-14(12-23)10-18(17)27-13-19(24)21-15-4-2-5-16(11-15)22-9-3-6-20(22)25/h2,4-5,7-8,10-12H,3,6,9,13H2,1H3,(H,21,24). The number of nitrogens with one attached hydrogen (secondary N) is 1. The van der Waals surface area contributed by atoms with Crippen molar-refractivity contribution in [2.45, 2.75) is 12.8 Å². The van der Waals surface area contributed by atoms with Gasteiger partial charge in [0.1, 0.15) is 6.29 Å². The number of carbonyl (C=O) groups excluding carboxylic acids is 3. The molecular formula is C20H20N2O5. The summed E-state index contributed by atoms with van der Waals surface area (Å²) >= 11 is 0. The summed E-state index contributed by atoms with van der Waals surface area (Å²) in [6, 6.07) is 11.8. The fourth-order valence-corrected chi connectivity index (χ4v) is 2.89. The highest BCUT2D eigenvalue weighted by atomic mass is 16.5. The van der Waals surface area contributed by atoms with Crippen LogP contribution >= 0.6 is 0 Å². The van der Waals surface area contributed by atoms with Gasteiger partial charge in [0.15, 0.2) is 18.1 Å². The minimum absolute atomic E-state index is 0.0870. The summed E-state index contributed by atoms with van der Waals surface area (Å²) in [4.78, 5) is 36.7. The Labute approximate surface area is 156 Å². The molecule has 1 heterocycles. The van der Waals surface area contributed by atoms with Crippen LogP contribution in [-0.4, -0.2) is 38.4 Å². The maximum Gasteiger partial charge on any atom is 0.262 e. The fourth-order valence-electron chi connectivity index (χ4n) is 2.89. The van der Waals surface area contributed by atoms with Crippen molar-refractivity contribution in [2.24, 2.45) is 0 Å². The number of hydrogen-bond acceptors (Lipinski definition) is 5. The zero-order valence-electron chi connectivity index (χ0n) is 14.9. The zero-order chi connectivity index (χ0) is 19.2. The van der Waals surface area contributed by atoms with E-state index in [9.17, 15) is 14.4 Å². The Hall–Kier alpha value is -3.35. The first kappa shape index (κ1) is 18.4. The SMILES string of the molecule is COc1ccc(C=O)cc1OCC(=O)Nc1cccc(N2CCCC2=O)c1. The summed E-state index contributed by atoms with van der Waals surface area (Å²) in [5, 5.41) is 2.74. The van der Waals surface area contributed by atoms with Crippen molar-refractivity contribution in [3.8, 4) is 11.5 Å². The molecule has 0 saturated carbocycles. The summed E-state index contributed by atoms with van der Waals surface area (Å²) in [5.74, 6) is 0.471. The third kappa shape index (κ3) is 4.44. The molecule has 0 radical (unpaired) electrons. The Bertz CT molecular complexity index is 865. The van der Waals surface area contributed by atoms with Crippen LogP contribution < -0.4 is 19.7 Å². The third-order valence-electron chi connectivity index (χ3n) is 4.20. The average Bonchev–Trinajstić information content (AvgIpc) is 3.12. The highest BCUT2D eigenvalue weighted by Crippen LogP contribution is 2.28. The summed E-state index contributed by atoms with van der Waals surface area (Å²) in [6.45, 7) is 0.442. The topological polar surface area (TPSA) is 84.9 Å². The molecule has 1 aliphatic rings. The number of methoxy groups -OCH3 is 1. The van der Waals surface area contributed by atoms with Gasteiger partial charge in [-0.2, -0.15) is 0 Å². The number of hydrogen-bond donors (Lipinski definition) is 1. The highest BCUT2D eigenvalue weighted by molar-refractivity contribution is 5.97. The van der Waals surface area contributed by atoms with Gasteiger partial charge in [0.05, 0.1) is 7.11 Å². The molecule has 0 bridgehead atoms. The van der Waals surface area contributed by atoms with Crippen molar-refractivity contribution in [2.75, 3.05) is 30.5 Å². The summed E-state index contributed by atoms with van der Waals surface area (Å²) in [6.07, 6.45) is 2.08. The number of anilines is 2. The molecule has 7 nitrogen and oxygen atoms in total. The number of carbonyl (C=O) groups is 3. The molecule has 0 atom stereocenters. The molecule has 7 heteroatoms. The number of rotatable bonds is 7. The smallest absolute Gasteiger partial charge is 0.262 e. The van der Waals surface area contributed by atoms with E-state index in [1.807, 2.05) is 6.07 Å². The molecule has 1 N–H and O–H groups in total. The Morgan fingerprint density at radius 1 is 1.22 bits per heavy atom. The number of benzene rings is 2. The molecule has 140 valence electrons. The number of ether oxygens (including phenoxy) is 2. The maximum atomic E-state index is 12.2. The fraction of sp³-hybridized carbons (Fsp3) is 0.250. The van der Waals surface area contributed by atoms with Gasteiger partial charge in [-0.1, -0.05) is 6.07 Å². The largest absolute Gasteiger partial charge is 0.493 e. The van der Waals surface area contributed by atoms with Crippen LogP contribution in [0.5, 0.6) is 11.5 Å². The highest BCUT2D eigenvalue weighted by Gasteiger charge is 2.21. The molecule has 1 fully saturated rings. The van der Waals surface area contributed by atoms with Gasteiger partial charge >= 0.3 is 0 Å². The van der Waals surface area contributed by atoms with Crippen LogP contribution in [0, 0.1) is 0 Å². The Balaban J connectivity index is 1.63. The third-order valence-corrected chi connectivity index (χ3v) is 4.20. The number of nitrogens with zero attached hydrogens (tertiary/aromatic N) is 1. The second-order valence-corrected chi connectivity index (χ2v) is 6.06. The predicted molar refractivity (Wildman–Crippen MR) is 101 cm³/mol. The van der Waals surface area contributed by atoms with Crippen LogP contribution in [0.25, 0.3) is 0 Å². The summed E-state index contributed by atoms with van der Waals surface area (Å²) in [5.41, 5.74) is 1.76. The van der Waals surface area contributed by atoms with E-state index in [0.29, 0.717) is 42.0 Å². The number of amides is 2. The van der Waals surface area contributed by atoms with Gasteiger partial charge in [-0.25, -0.2) is 0 Å². The molecule has 0 unspecified atom stereocenters. The zero-order valence-corrected chi connectivity index (χ0v) is 14.9. The molecule has 2 aromatic carbocycles. The maximum absolute atomic E-state index is 12.2. The van der Waals surface area contributed by atoms with Crippen molar-refractivity contribution < 1.29 is 23.9 Å². The molecule has 2 aromatic rings. The first-order valence-electron chi connectivity index (χ1n) is 8.57. The van der Waals surface area contributed by atoms with E-state index in [2.05, 4.69) is 5.32 Å². The van der Waals surface area contributed by atoms with Crippen molar-refractivity contribution in [3.05, 3.63) is 48.0 Å². The van der Waals surface area contributed by atoms with Gasteiger partial charge in [-0.3, -0.25) is 14.4 Å². The second-order valence-electron chi connectivity index (χ2n) is 6.06. The van der Waals surface area contributed by atoms with Crippen molar-refractivity contribution in [3.63, 3.8) is 0 Å². The lowest BCUT2D eigenvalue weighted by Crippen LogP contribution is -2.24. The second kappa shape index (κ2) is 8.35. The van der Waals surface area contributed by atoms with Gasteiger partial charge in [-0.05, 0) is 42.8 Å². The quantitative estimate of drug-likeness (QED) is 0.760. The predicted octanol–water partition coefficient (Wildman–Crippen LogP) is 2.65. The first-order valence-corrected chi connectivity index (χ1v) is 8.57. The van der Waals surface area contributed by atoms with Gasteiger partial charge < -0.3 is 19.7 Å². The van der Waals surface area contributed by atoms with Crippen LogP contribution in [0.1, 0.15) is 23.2 Å². The Kier molecular flexibility index (Phi) is 5.71. The van der Waals surface area contributed by atoms with E-state index in [1.165, 1.54) is 13.2 Å². The van der Waals surface area contributed by atoms with Gasteiger partial charge in [0.2, 0.25) is 5.91 Å². The Morgan fingerprint density at radius 2 is 2.07 bits per heavy atom. The Morgan fingerprint density at radius 3 is 2.78 bits per heavy atom. The van der Waals surface area contributed by atoms with Gasteiger partial charge in [-0.15, -0.1) is 0 Å². The van der Waals surface area contributed by atoms with Crippen molar-refractivity contribution in [1.82, 2.24) is 0 Å². The monoisotopic (exact) mass is 368 g/mol.